The van der Waals surface area contributed by atoms with Gasteiger partial charge in [0.2, 0.25) is 0 Å². The molecule has 0 aliphatic rings. The van der Waals surface area contributed by atoms with Crippen LogP contribution in [0.15, 0.2) is 40.9 Å². The van der Waals surface area contributed by atoms with Crippen LogP contribution in [-0.2, 0) is 0 Å². The quantitative estimate of drug-likeness (QED) is 0.846. The molecule has 0 amide bonds. The molecule has 1 atom stereocenters. The molecule has 0 bridgehead atoms. The predicted octanol–water partition coefficient (Wildman–Crippen LogP) is 4.85. The molecule has 1 N–H and O–H groups in total. The maximum atomic E-state index is 10.5. The molecule has 0 spiro atoms. The fourth-order valence-corrected chi connectivity index (χ4v) is 2.90. The Morgan fingerprint density at radius 2 is 1.84 bits per heavy atom. The molecule has 0 fully saturated rings. The lowest BCUT2D eigenvalue weighted by Gasteiger charge is -2.16. The molecule has 2 nitrogen and oxygen atoms in total. The summed E-state index contributed by atoms with van der Waals surface area (Å²) in [6.07, 6.45) is -0.858. The number of aliphatic hydroxyl groups is 1. The van der Waals surface area contributed by atoms with Crippen LogP contribution >= 0.6 is 39.1 Å². The number of benzene rings is 2. The molecule has 5 heteroatoms. The van der Waals surface area contributed by atoms with Crippen LogP contribution in [0.2, 0.25) is 10.0 Å². The third kappa shape index (κ3) is 3.42. The highest BCUT2D eigenvalue weighted by Crippen LogP contribution is 2.34. The molecule has 0 aliphatic carbocycles. The fraction of sp³-hybridized carbons (Fsp3) is 0.143. The Morgan fingerprint density at radius 1 is 1.11 bits per heavy atom. The second-order valence-electron chi connectivity index (χ2n) is 3.99. The normalized spacial score (nSPS) is 12.3. The van der Waals surface area contributed by atoms with Gasteiger partial charge in [-0.1, -0.05) is 39.1 Å². The number of methoxy groups -OCH3 is 1. The van der Waals surface area contributed by atoms with E-state index >= 15 is 0 Å². The Bertz CT molecular complexity index is 582. The smallest absolute Gasteiger partial charge is 0.125 e. The van der Waals surface area contributed by atoms with Crippen molar-refractivity contribution >= 4 is 39.1 Å². The summed E-state index contributed by atoms with van der Waals surface area (Å²) in [5, 5.41) is 11.5. The Kier molecular flexibility index (Phi) is 4.74. The van der Waals surface area contributed by atoms with Gasteiger partial charge >= 0.3 is 0 Å². The van der Waals surface area contributed by atoms with Crippen molar-refractivity contribution in [1.29, 1.82) is 0 Å². The first kappa shape index (κ1) is 14.7. The van der Waals surface area contributed by atoms with Gasteiger partial charge in [-0.05, 0) is 42.0 Å². The number of halogens is 3. The Morgan fingerprint density at radius 3 is 2.47 bits per heavy atom. The van der Waals surface area contributed by atoms with E-state index < -0.39 is 6.10 Å². The zero-order chi connectivity index (χ0) is 14.0. The molecule has 0 saturated heterocycles. The summed E-state index contributed by atoms with van der Waals surface area (Å²) in [6.45, 7) is 0. The van der Waals surface area contributed by atoms with Crippen LogP contribution in [0.5, 0.6) is 5.75 Å². The summed E-state index contributed by atoms with van der Waals surface area (Å²) in [5.41, 5.74) is 1.27. The predicted molar refractivity (Wildman–Crippen MR) is 81.2 cm³/mol. The fourth-order valence-electron chi connectivity index (χ4n) is 1.83. The monoisotopic (exact) mass is 360 g/mol. The zero-order valence-corrected chi connectivity index (χ0v) is 13.1. The van der Waals surface area contributed by atoms with Crippen molar-refractivity contribution in [1.82, 2.24) is 0 Å². The summed E-state index contributed by atoms with van der Waals surface area (Å²) >= 11 is 15.3. The second-order valence-corrected chi connectivity index (χ2v) is 5.78. The molecule has 1 unspecified atom stereocenters. The summed E-state index contributed by atoms with van der Waals surface area (Å²) < 4.78 is 6.04. The molecule has 2 rings (SSSR count). The van der Waals surface area contributed by atoms with Gasteiger partial charge in [0.25, 0.3) is 0 Å². The SMILES string of the molecule is COc1ccc(Cl)cc1C(O)c1cc(Cl)cc(Br)c1. The Balaban J connectivity index is 2.48. The number of hydrogen-bond acceptors (Lipinski definition) is 2. The van der Waals surface area contributed by atoms with Crippen LogP contribution in [0.3, 0.4) is 0 Å². The minimum atomic E-state index is -0.858. The van der Waals surface area contributed by atoms with Crippen LogP contribution in [0, 0.1) is 0 Å². The number of ether oxygens (including phenoxy) is 1. The summed E-state index contributed by atoms with van der Waals surface area (Å²) in [6, 6.07) is 10.4. The average Bonchev–Trinajstić information content (AvgIpc) is 2.36. The van der Waals surface area contributed by atoms with Gasteiger partial charge < -0.3 is 9.84 Å². The third-order valence-corrected chi connectivity index (χ3v) is 3.60. The lowest BCUT2D eigenvalue weighted by Crippen LogP contribution is -2.02. The van der Waals surface area contributed by atoms with E-state index in [1.807, 2.05) is 0 Å². The summed E-state index contributed by atoms with van der Waals surface area (Å²) in [4.78, 5) is 0. The van der Waals surface area contributed by atoms with Gasteiger partial charge in [0.05, 0.1) is 7.11 Å². The Hall–Kier alpha value is -0.740. The highest BCUT2D eigenvalue weighted by molar-refractivity contribution is 9.10. The van der Waals surface area contributed by atoms with Crippen molar-refractivity contribution in [3.63, 3.8) is 0 Å². The largest absolute Gasteiger partial charge is 0.496 e. The summed E-state index contributed by atoms with van der Waals surface area (Å²) in [7, 11) is 1.55. The first-order valence-corrected chi connectivity index (χ1v) is 7.03. The first-order valence-electron chi connectivity index (χ1n) is 5.48. The van der Waals surface area contributed by atoms with E-state index in [-0.39, 0.29) is 0 Å². The van der Waals surface area contributed by atoms with Gasteiger partial charge in [-0.15, -0.1) is 0 Å². The van der Waals surface area contributed by atoms with E-state index in [4.69, 9.17) is 27.9 Å². The van der Waals surface area contributed by atoms with E-state index in [1.54, 1.807) is 43.5 Å². The van der Waals surface area contributed by atoms with Gasteiger partial charge in [0.15, 0.2) is 0 Å². The van der Waals surface area contributed by atoms with Gasteiger partial charge in [-0.25, -0.2) is 0 Å². The van der Waals surface area contributed by atoms with Crippen LogP contribution in [-0.4, -0.2) is 12.2 Å². The van der Waals surface area contributed by atoms with Crippen molar-refractivity contribution in [2.75, 3.05) is 7.11 Å². The molecule has 2 aromatic carbocycles. The maximum Gasteiger partial charge on any atom is 0.125 e. The molecule has 0 radical (unpaired) electrons. The van der Waals surface area contributed by atoms with Crippen molar-refractivity contribution in [2.24, 2.45) is 0 Å². The van der Waals surface area contributed by atoms with Crippen LogP contribution in [0.25, 0.3) is 0 Å². The van der Waals surface area contributed by atoms with E-state index in [9.17, 15) is 5.11 Å². The van der Waals surface area contributed by atoms with Crippen molar-refractivity contribution in [3.8, 4) is 5.75 Å². The average molecular weight is 362 g/mol. The van der Waals surface area contributed by atoms with Crippen molar-refractivity contribution < 1.29 is 9.84 Å². The van der Waals surface area contributed by atoms with Crippen LogP contribution < -0.4 is 4.74 Å². The topological polar surface area (TPSA) is 29.5 Å². The second kappa shape index (κ2) is 6.14. The van der Waals surface area contributed by atoms with Gasteiger partial charge in [-0.2, -0.15) is 0 Å². The molecule has 0 heterocycles. The molecule has 0 aromatic heterocycles. The lowest BCUT2D eigenvalue weighted by molar-refractivity contribution is 0.214. The standard InChI is InChI=1S/C14H11BrCl2O2/c1-19-13-3-2-10(16)7-12(13)14(18)8-4-9(15)6-11(17)5-8/h2-7,14,18H,1H3. The number of rotatable bonds is 3. The van der Waals surface area contributed by atoms with Gasteiger partial charge in [-0.3, -0.25) is 0 Å². The molecular formula is C14H11BrCl2O2. The minimum Gasteiger partial charge on any atom is -0.496 e. The van der Waals surface area contributed by atoms with E-state index in [0.29, 0.717) is 26.9 Å². The van der Waals surface area contributed by atoms with Crippen molar-refractivity contribution in [2.45, 2.75) is 6.10 Å². The summed E-state index contributed by atoms with van der Waals surface area (Å²) in [5.74, 6) is 0.577. The molecule has 100 valence electrons. The highest BCUT2D eigenvalue weighted by atomic mass is 79.9. The molecule has 0 aliphatic heterocycles. The molecule has 2 aromatic rings. The zero-order valence-electron chi connectivity index (χ0n) is 10.0. The van der Waals surface area contributed by atoms with Crippen LogP contribution in [0.4, 0.5) is 0 Å². The number of aliphatic hydroxyl groups excluding tert-OH is 1. The third-order valence-electron chi connectivity index (χ3n) is 2.69. The van der Waals surface area contributed by atoms with Gasteiger partial charge in [0, 0.05) is 20.1 Å². The molecule has 19 heavy (non-hydrogen) atoms. The minimum absolute atomic E-state index is 0.538. The highest BCUT2D eigenvalue weighted by Gasteiger charge is 2.17. The lowest BCUT2D eigenvalue weighted by atomic mass is 10.0. The molecule has 0 saturated carbocycles. The first-order chi connectivity index (χ1) is 9.01. The van der Waals surface area contributed by atoms with Gasteiger partial charge in [0.1, 0.15) is 11.9 Å². The van der Waals surface area contributed by atoms with E-state index in [0.717, 1.165) is 4.47 Å². The van der Waals surface area contributed by atoms with Crippen LogP contribution in [0.1, 0.15) is 17.2 Å². The Labute approximate surface area is 130 Å². The van der Waals surface area contributed by atoms with E-state index in [2.05, 4.69) is 15.9 Å². The molecular weight excluding hydrogens is 351 g/mol. The van der Waals surface area contributed by atoms with E-state index in [1.165, 1.54) is 0 Å². The maximum absolute atomic E-state index is 10.5. The number of hydrogen-bond donors (Lipinski definition) is 1. The van der Waals surface area contributed by atoms with Crippen molar-refractivity contribution in [3.05, 3.63) is 62.0 Å².